The van der Waals surface area contributed by atoms with Crippen LogP contribution in [0.5, 0.6) is 0 Å². The summed E-state index contributed by atoms with van der Waals surface area (Å²) in [4.78, 5) is 13.7. The predicted molar refractivity (Wildman–Crippen MR) is 88.2 cm³/mol. The van der Waals surface area contributed by atoms with Crippen LogP contribution in [0.1, 0.15) is 35.2 Å². The highest BCUT2D eigenvalue weighted by molar-refractivity contribution is 5.75. The highest BCUT2D eigenvalue weighted by Crippen LogP contribution is 2.47. The lowest BCUT2D eigenvalue weighted by Crippen LogP contribution is -2.16. The third-order valence-corrected chi connectivity index (χ3v) is 4.04. The number of pyridine rings is 1. The van der Waals surface area contributed by atoms with Crippen LogP contribution in [0.4, 0.5) is 13.2 Å². The number of nitrogens with zero attached hydrogens (tertiary/aromatic N) is 1. The first-order chi connectivity index (χ1) is 12.2. The van der Waals surface area contributed by atoms with Gasteiger partial charge in [-0.3, -0.25) is 9.78 Å². The van der Waals surface area contributed by atoms with Crippen molar-refractivity contribution in [1.29, 1.82) is 0 Å². The van der Waals surface area contributed by atoms with Gasteiger partial charge in [0.25, 0.3) is 0 Å². The van der Waals surface area contributed by atoms with E-state index in [1.165, 1.54) is 6.07 Å². The Hall–Kier alpha value is -2.45. The van der Waals surface area contributed by atoms with E-state index in [9.17, 15) is 18.0 Å². The number of aliphatic hydroxyl groups is 1. The second-order valence-corrected chi connectivity index (χ2v) is 5.96. The number of aliphatic carboxylic acids is 1. The summed E-state index contributed by atoms with van der Waals surface area (Å²) in [5.41, 5.74) is 5.95. The highest BCUT2D eigenvalue weighted by Gasteiger charge is 2.43. The Labute approximate surface area is 148 Å². The lowest BCUT2D eigenvalue weighted by molar-refractivity contribution is -0.141. The van der Waals surface area contributed by atoms with Gasteiger partial charge in [0.15, 0.2) is 0 Å². The van der Waals surface area contributed by atoms with E-state index in [1.807, 2.05) is 30.3 Å². The van der Waals surface area contributed by atoms with Gasteiger partial charge in [-0.05, 0) is 29.5 Å². The number of halogens is 3. The van der Waals surface area contributed by atoms with Crippen molar-refractivity contribution in [1.82, 2.24) is 4.98 Å². The maximum Gasteiger partial charge on any atom is 0.433 e. The topological polar surface area (TPSA) is 96.4 Å². The SMILES string of the molecule is N[C@@H](CO)c1ccc(C(F)(F)F)nc1.O=C(O)[C@H]1C[C@@H]1c1ccccc1. The van der Waals surface area contributed by atoms with Crippen molar-refractivity contribution in [3.05, 3.63) is 65.5 Å². The maximum absolute atomic E-state index is 12.1. The number of carboxylic acids is 1. The zero-order chi connectivity index (χ0) is 19.3. The average molecular weight is 368 g/mol. The lowest BCUT2D eigenvalue weighted by atomic mass is 10.1. The fraction of sp³-hybridized carbons (Fsp3) is 0.333. The third kappa shape index (κ3) is 5.27. The van der Waals surface area contributed by atoms with Crippen LogP contribution in [0.15, 0.2) is 48.7 Å². The van der Waals surface area contributed by atoms with E-state index in [1.54, 1.807) is 0 Å². The zero-order valence-corrected chi connectivity index (χ0v) is 13.7. The summed E-state index contributed by atoms with van der Waals surface area (Å²) in [6.45, 7) is -0.326. The molecule has 0 aliphatic heterocycles. The Balaban J connectivity index is 0.000000189. The summed E-state index contributed by atoms with van der Waals surface area (Å²) in [7, 11) is 0. The van der Waals surface area contributed by atoms with E-state index in [-0.39, 0.29) is 18.4 Å². The number of benzene rings is 1. The quantitative estimate of drug-likeness (QED) is 0.771. The summed E-state index contributed by atoms with van der Waals surface area (Å²) in [6, 6.07) is 11.2. The molecule has 0 spiro atoms. The molecule has 0 radical (unpaired) electrons. The van der Waals surface area contributed by atoms with E-state index in [0.29, 0.717) is 5.56 Å². The molecule has 5 nitrogen and oxygen atoms in total. The standard InChI is InChI=1S/C10H10O2.C8H9F3N2O/c11-10(12)9-6-8(9)7-4-2-1-3-5-7;9-8(10,11)7-2-1-5(3-13-7)6(12)4-14/h1-5,8-9H,6H2,(H,11,12);1-3,6,14H,4,12H2/t8-,9+;6-/m10/s1. The molecule has 2 aromatic rings. The number of nitrogens with two attached hydrogens (primary N) is 1. The summed E-state index contributed by atoms with van der Waals surface area (Å²) in [5.74, 6) is -0.528. The smallest absolute Gasteiger partial charge is 0.433 e. The van der Waals surface area contributed by atoms with Crippen LogP contribution in [0.3, 0.4) is 0 Å². The largest absolute Gasteiger partial charge is 0.481 e. The summed E-state index contributed by atoms with van der Waals surface area (Å²) in [6.07, 6.45) is -2.62. The van der Waals surface area contributed by atoms with Gasteiger partial charge in [-0.25, -0.2) is 0 Å². The Kier molecular flexibility index (Phi) is 6.33. The van der Waals surface area contributed by atoms with Crippen LogP contribution < -0.4 is 5.73 Å². The molecule has 1 aliphatic rings. The maximum atomic E-state index is 12.1. The van der Waals surface area contributed by atoms with E-state index < -0.39 is 23.9 Å². The van der Waals surface area contributed by atoms with E-state index >= 15 is 0 Å². The first-order valence-corrected chi connectivity index (χ1v) is 7.91. The van der Waals surface area contributed by atoms with Crippen LogP contribution in [0, 0.1) is 5.92 Å². The summed E-state index contributed by atoms with van der Waals surface area (Å²) >= 11 is 0. The van der Waals surface area contributed by atoms with E-state index in [0.717, 1.165) is 24.2 Å². The van der Waals surface area contributed by atoms with E-state index in [2.05, 4.69) is 4.98 Å². The number of aliphatic hydroxyl groups excluding tert-OH is 1. The van der Waals surface area contributed by atoms with Gasteiger partial charge in [0.2, 0.25) is 0 Å². The third-order valence-electron chi connectivity index (χ3n) is 4.04. The van der Waals surface area contributed by atoms with Crippen LogP contribution in [0.2, 0.25) is 0 Å². The van der Waals surface area contributed by atoms with Gasteiger partial charge in [-0.1, -0.05) is 36.4 Å². The number of hydrogen-bond acceptors (Lipinski definition) is 4. The number of hydrogen-bond donors (Lipinski definition) is 3. The number of aromatic nitrogens is 1. The molecule has 3 atom stereocenters. The second-order valence-electron chi connectivity index (χ2n) is 5.96. The Bertz CT molecular complexity index is 721. The molecule has 1 fully saturated rings. The van der Waals surface area contributed by atoms with Crippen molar-refractivity contribution in [2.24, 2.45) is 11.7 Å². The van der Waals surface area contributed by atoms with Crippen molar-refractivity contribution in [2.45, 2.75) is 24.6 Å². The molecule has 4 N–H and O–H groups in total. The average Bonchev–Trinajstić information content (AvgIpc) is 3.43. The summed E-state index contributed by atoms with van der Waals surface area (Å²) in [5, 5.41) is 17.3. The molecule has 140 valence electrons. The second kappa shape index (κ2) is 8.29. The zero-order valence-electron chi connectivity index (χ0n) is 13.7. The van der Waals surface area contributed by atoms with Gasteiger partial charge in [0.1, 0.15) is 5.69 Å². The van der Waals surface area contributed by atoms with Crippen LogP contribution in [-0.2, 0) is 11.0 Å². The molecule has 26 heavy (non-hydrogen) atoms. The molecule has 0 saturated heterocycles. The van der Waals surface area contributed by atoms with Crippen LogP contribution in [-0.4, -0.2) is 27.8 Å². The van der Waals surface area contributed by atoms with Gasteiger partial charge in [-0.2, -0.15) is 13.2 Å². The first kappa shape index (κ1) is 19.9. The molecular weight excluding hydrogens is 349 g/mol. The highest BCUT2D eigenvalue weighted by atomic mass is 19.4. The van der Waals surface area contributed by atoms with Crippen LogP contribution >= 0.6 is 0 Å². The van der Waals surface area contributed by atoms with Crippen LogP contribution in [0.25, 0.3) is 0 Å². The molecule has 1 heterocycles. The number of carboxylic acid groups (broad SMARTS) is 1. The fourth-order valence-electron chi connectivity index (χ4n) is 2.43. The Morgan fingerprint density at radius 1 is 1.23 bits per heavy atom. The normalized spacial score (nSPS) is 19.9. The number of rotatable bonds is 4. The molecule has 1 aromatic heterocycles. The van der Waals surface area contributed by atoms with Gasteiger partial charge in [-0.15, -0.1) is 0 Å². The Morgan fingerprint density at radius 3 is 2.31 bits per heavy atom. The van der Waals surface area contributed by atoms with Crippen molar-refractivity contribution >= 4 is 5.97 Å². The monoisotopic (exact) mass is 368 g/mol. The Morgan fingerprint density at radius 2 is 1.88 bits per heavy atom. The summed E-state index contributed by atoms with van der Waals surface area (Å²) < 4.78 is 36.2. The molecule has 1 saturated carbocycles. The van der Waals surface area contributed by atoms with Gasteiger partial charge in [0.05, 0.1) is 18.6 Å². The molecule has 8 heteroatoms. The minimum Gasteiger partial charge on any atom is -0.481 e. The van der Waals surface area contributed by atoms with Crippen molar-refractivity contribution in [3.8, 4) is 0 Å². The van der Waals surface area contributed by atoms with Crippen molar-refractivity contribution in [2.75, 3.05) is 6.61 Å². The number of carbonyl (C=O) groups is 1. The molecule has 0 amide bonds. The first-order valence-electron chi connectivity index (χ1n) is 7.91. The predicted octanol–water partition coefficient (Wildman–Crippen LogP) is 2.97. The molecular formula is C18H19F3N2O3. The van der Waals surface area contributed by atoms with Gasteiger partial charge >= 0.3 is 12.1 Å². The van der Waals surface area contributed by atoms with Crippen molar-refractivity contribution < 1.29 is 28.2 Å². The minimum absolute atomic E-state index is 0.132. The fourth-order valence-corrected chi connectivity index (χ4v) is 2.43. The molecule has 0 bridgehead atoms. The van der Waals surface area contributed by atoms with E-state index in [4.69, 9.17) is 15.9 Å². The molecule has 1 aromatic carbocycles. The minimum atomic E-state index is -4.44. The molecule has 0 unspecified atom stereocenters. The number of alkyl halides is 3. The molecule has 1 aliphatic carbocycles. The molecule has 3 rings (SSSR count). The van der Waals surface area contributed by atoms with Gasteiger partial charge in [0, 0.05) is 6.20 Å². The van der Waals surface area contributed by atoms with Gasteiger partial charge < -0.3 is 15.9 Å². The van der Waals surface area contributed by atoms with Crippen molar-refractivity contribution in [3.63, 3.8) is 0 Å². The lowest BCUT2D eigenvalue weighted by Gasteiger charge is -2.09.